The molecule has 1 unspecified atom stereocenters. The van der Waals surface area contributed by atoms with Crippen molar-refractivity contribution in [1.29, 1.82) is 0 Å². The maximum Gasteiger partial charge on any atom is 0.434 e. The third-order valence-electron chi connectivity index (χ3n) is 6.04. The van der Waals surface area contributed by atoms with Crippen molar-refractivity contribution >= 4 is 29.4 Å². The van der Waals surface area contributed by atoms with Crippen molar-refractivity contribution in [1.82, 2.24) is 15.4 Å². The van der Waals surface area contributed by atoms with Crippen molar-refractivity contribution in [2.45, 2.75) is 63.3 Å². The molecule has 0 aliphatic heterocycles. The van der Waals surface area contributed by atoms with Gasteiger partial charge < -0.3 is 20.7 Å². The van der Waals surface area contributed by atoms with Crippen LogP contribution in [0.1, 0.15) is 65.8 Å². The van der Waals surface area contributed by atoms with Gasteiger partial charge in [-0.05, 0) is 30.0 Å². The highest BCUT2D eigenvalue weighted by molar-refractivity contribution is 6.30. The second kappa shape index (κ2) is 11.8. The summed E-state index contributed by atoms with van der Waals surface area (Å²) in [6, 6.07) is 5.09. The quantitative estimate of drug-likeness (QED) is 0.361. The number of nitrogens with zero attached hydrogens (tertiary/aromatic N) is 2. The average molecular weight is 529 g/mol. The van der Waals surface area contributed by atoms with E-state index in [1.54, 1.807) is 0 Å². The van der Waals surface area contributed by atoms with Crippen molar-refractivity contribution in [2.24, 2.45) is 11.7 Å². The zero-order valence-corrected chi connectivity index (χ0v) is 19.9. The van der Waals surface area contributed by atoms with E-state index in [9.17, 15) is 33.0 Å². The molecule has 1 amide bonds. The van der Waals surface area contributed by atoms with Crippen LogP contribution in [0.2, 0.25) is 5.02 Å². The third kappa shape index (κ3) is 7.28. The Kier molecular flexibility index (Phi) is 9.09. The SMILES string of the molecule is N[C@H](CC1CCCCC1)C(O)C(=O)NNc1nc(Cc2ccc(Cl)cc2)c(C(=O)[O-])c(C(F)(F)F)n1. The first-order chi connectivity index (χ1) is 17.0. The lowest BCUT2D eigenvalue weighted by atomic mass is 9.84. The molecule has 1 heterocycles. The van der Waals surface area contributed by atoms with Crippen molar-refractivity contribution in [3.05, 3.63) is 51.8 Å². The van der Waals surface area contributed by atoms with Crippen LogP contribution in [0.3, 0.4) is 0 Å². The number of aliphatic hydroxyl groups is 1. The van der Waals surface area contributed by atoms with Gasteiger partial charge in [-0.3, -0.25) is 15.6 Å². The second-order valence-electron chi connectivity index (χ2n) is 8.77. The number of carbonyl (C=O) groups is 2. The molecule has 36 heavy (non-hydrogen) atoms. The van der Waals surface area contributed by atoms with Gasteiger partial charge in [0.05, 0.1) is 17.2 Å². The van der Waals surface area contributed by atoms with E-state index in [-0.39, 0.29) is 12.3 Å². The number of alkyl halides is 3. The molecule has 1 aliphatic rings. The van der Waals surface area contributed by atoms with Crippen molar-refractivity contribution in [2.75, 3.05) is 5.43 Å². The summed E-state index contributed by atoms with van der Waals surface area (Å²) in [4.78, 5) is 31.0. The molecule has 13 heteroatoms. The number of hydrogen-bond donors (Lipinski definition) is 4. The molecule has 2 atom stereocenters. The van der Waals surface area contributed by atoms with Crippen LogP contribution in [-0.4, -0.2) is 39.1 Å². The number of amides is 1. The highest BCUT2D eigenvalue weighted by Crippen LogP contribution is 2.33. The number of hydrogen-bond acceptors (Lipinski definition) is 8. The summed E-state index contributed by atoms with van der Waals surface area (Å²) in [6.45, 7) is 0. The first-order valence-electron chi connectivity index (χ1n) is 11.4. The van der Waals surface area contributed by atoms with Gasteiger partial charge in [-0.2, -0.15) is 13.2 Å². The third-order valence-corrected chi connectivity index (χ3v) is 6.30. The fraction of sp³-hybridized carbons (Fsp3) is 0.478. The number of aliphatic hydroxyl groups excluding tert-OH is 1. The fourth-order valence-electron chi connectivity index (χ4n) is 4.23. The van der Waals surface area contributed by atoms with Crippen LogP contribution in [0.4, 0.5) is 19.1 Å². The molecule has 3 rings (SSSR count). The number of benzene rings is 1. The van der Waals surface area contributed by atoms with Gasteiger partial charge in [0.25, 0.3) is 5.91 Å². The van der Waals surface area contributed by atoms with E-state index in [0.717, 1.165) is 32.1 Å². The Bertz CT molecular complexity index is 1080. The van der Waals surface area contributed by atoms with Gasteiger partial charge in [-0.1, -0.05) is 55.8 Å². The molecule has 0 radical (unpaired) electrons. The first-order valence-corrected chi connectivity index (χ1v) is 11.8. The molecule has 1 saturated carbocycles. The van der Waals surface area contributed by atoms with E-state index in [1.807, 2.05) is 0 Å². The molecule has 5 N–H and O–H groups in total. The lowest BCUT2D eigenvalue weighted by Crippen LogP contribution is -2.49. The molecule has 0 spiro atoms. The fourth-order valence-corrected chi connectivity index (χ4v) is 4.35. The minimum absolute atomic E-state index is 0.287. The molecule has 2 aromatic rings. The van der Waals surface area contributed by atoms with Crippen LogP contribution in [-0.2, 0) is 17.4 Å². The number of hydrazine groups is 1. The van der Waals surface area contributed by atoms with Gasteiger partial charge in [-0.25, -0.2) is 9.97 Å². The van der Waals surface area contributed by atoms with Crippen LogP contribution in [0.5, 0.6) is 0 Å². The Labute approximate surface area is 210 Å². The molecule has 1 aliphatic carbocycles. The Morgan fingerprint density at radius 3 is 2.39 bits per heavy atom. The number of rotatable bonds is 9. The number of anilines is 1. The van der Waals surface area contributed by atoms with Crippen LogP contribution in [0, 0.1) is 5.92 Å². The number of aromatic carboxylic acids is 1. The minimum atomic E-state index is -5.16. The lowest BCUT2D eigenvalue weighted by Gasteiger charge is -2.26. The second-order valence-corrected chi connectivity index (χ2v) is 9.21. The molecule has 1 fully saturated rings. The van der Waals surface area contributed by atoms with Crippen LogP contribution in [0.15, 0.2) is 24.3 Å². The number of nitrogens with one attached hydrogen (secondary N) is 2. The molecule has 0 saturated heterocycles. The number of carboxylic acids is 1. The lowest BCUT2D eigenvalue weighted by molar-refractivity contribution is -0.256. The normalized spacial score (nSPS) is 16.3. The smallest absolute Gasteiger partial charge is 0.434 e. The summed E-state index contributed by atoms with van der Waals surface area (Å²) in [5.41, 5.74) is 7.12. The van der Waals surface area contributed by atoms with E-state index < -0.39 is 53.1 Å². The summed E-state index contributed by atoms with van der Waals surface area (Å²) in [7, 11) is 0. The Morgan fingerprint density at radius 2 is 1.81 bits per heavy atom. The van der Waals surface area contributed by atoms with Gasteiger partial charge in [0.2, 0.25) is 5.95 Å². The maximum atomic E-state index is 13.6. The van der Waals surface area contributed by atoms with Crippen molar-refractivity contribution < 1.29 is 33.0 Å². The highest BCUT2D eigenvalue weighted by Gasteiger charge is 2.38. The summed E-state index contributed by atoms with van der Waals surface area (Å²) >= 11 is 5.82. The van der Waals surface area contributed by atoms with Gasteiger partial charge in [0, 0.05) is 17.5 Å². The molecule has 196 valence electrons. The summed E-state index contributed by atoms with van der Waals surface area (Å²) in [6.07, 6.45) is -1.52. The zero-order chi connectivity index (χ0) is 26.5. The molecular weight excluding hydrogens is 503 g/mol. The number of carboxylic acid groups (broad SMARTS) is 1. The molecule has 1 aromatic carbocycles. The largest absolute Gasteiger partial charge is 0.545 e. The van der Waals surface area contributed by atoms with E-state index in [1.165, 1.54) is 24.3 Å². The van der Waals surface area contributed by atoms with E-state index in [0.29, 0.717) is 17.0 Å². The minimum Gasteiger partial charge on any atom is -0.545 e. The molecule has 9 nitrogen and oxygen atoms in total. The number of halogens is 4. The van der Waals surface area contributed by atoms with Gasteiger partial charge in [0.15, 0.2) is 5.69 Å². The van der Waals surface area contributed by atoms with Gasteiger partial charge >= 0.3 is 6.18 Å². The number of nitrogens with two attached hydrogens (primary N) is 1. The predicted octanol–water partition coefficient (Wildman–Crippen LogP) is 2.20. The van der Waals surface area contributed by atoms with Crippen molar-refractivity contribution in [3.63, 3.8) is 0 Å². The Hall–Kier alpha value is -2.96. The number of aromatic nitrogens is 2. The molecule has 1 aromatic heterocycles. The van der Waals surface area contributed by atoms with Crippen LogP contribution in [0.25, 0.3) is 0 Å². The van der Waals surface area contributed by atoms with E-state index >= 15 is 0 Å². The highest BCUT2D eigenvalue weighted by atomic mass is 35.5. The molecular formula is C23H26ClF3N5O4-. The van der Waals surface area contributed by atoms with Gasteiger partial charge in [0.1, 0.15) is 6.10 Å². The monoisotopic (exact) mass is 528 g/mol. The van der Waals surface area contributed by atoms with Crippen molar-refractivity contribution in [3.8, 4) is 0 Å². The predicted molar refractivity (Wildman–Crippen MR) is 123 cm³/mol. The zero-order valence-electron chi connectivity index (χ0n) is 19.1. The summed E-state index contributed by atoms with van der Waals surface area (Å²) in [5, 5.41) is 22.2. The maximum absolute atomic E-state index is 13.6. The number of carbonyl (C=O) groups excluding carboxylic acids is 2. The van der Waals surface area contributed by atoms with E-state index in [4.69, 9.17) is 17.3 Å². The Morgan fingerprint density at radius 1 is 1.17 bits per heavy atom. The first kappa shape index (κ1) is 27.6. The van der Waals surface area contributed by atoms with Crippen LogP contribution >= 0.6 is 11.6 Å². The van der Waals surface area contributed by atoms with Crippen LogP contribution < -0.4 is 21.7 Å². The molecule has 0 bridgehead atoms. The van der Waals surface area contributed by atoms with Gasteiger partial charge in [-0.15, -0.1) is 0 Å². The Balaban J connectivity index is 1.79. The topological polar surface area (TPSA) is 153 Å². The summed E-state index contributed by atoms with van der Waals surface area (Å²) < 4.78 is 40.9. The standard InChI is InChI=1S/C23H27ClF3N5O4/c24-14-8-6-13(7-9-14)11-16-17(21(35)36)19(23(25,26)27)30-22(29-16)32-31-20(34)18(33)15(28)10-12-4-2-1-3-5-12/h6-9,12,15,18,33H,1-5,10-11,28H2,(H,31,34)(H,35,36)(H,29,30,32)/p-1/t15-,18?/m1/s1. The average Bonchev–Trinajstić information content (AvgIpc) is 2.83. The summed E-state index contributed by atoms with van der Waals surface area (Å²) in [5.74, 6) is -3.53. The van der Waals surface area contributed by atoms with E-state index in [2.05, 4.69) is 20.8 Å².